The van der Waals surface area contributed by atoms with E-state index in [4.69, 9.17) is 16.3 Å². The number of halogens is 1. The van der Waals surface area contributed by atoms with E-state index in [1.807, 2.05) is 6.07 Å². The lowest BCUT2D eigenvalue weighted by atomic mass is 9.95. The van der Waals surface area contributed by atoms with E-state index in [1.165, 1.54) is 18.4 Å². The van der Waals surface area contributed by atoms with Crippen molar-refractivity contribution in [3.63, 3.8) is 0 Å². The molecule has 2 rings (SSSR count). The van der Waals surface area contributed by atoms with Crippen LogP contribution in [0.1, 0.15) is 51.0 Å². The van der Waals surface area contributed by atoms with Crippen LogP contribution in [0, 0.1) is 5.92 Å². The number of piperidine rings is 1. The van der Waals surface area contributed by atoms with Gasteiger partial charge in [0.15, 0.2) is 0 Å². The maximum absolute atomic E-state index is 6.32. The molecule has 1 fully saturated rings. The van der Waals surface area contributed by atoms with Crippen LogP contribution in [-0.4, -0.2) is 19.7 Å². The Morgan fingerprint density at radius 1 is 1.35 bits per heavy atom. The van der Waals surface area contributed by atoms with Crippen molar-refractivity contribution < 1.29 is 4.74 Å². The Labute approximate surface area is 127 Å². The number of nitrogens with one attached hydrogen (secondary N) is 1. The molecule has 0 spiro atoms. The van der Waals surface area contributed by atoms with Gasteiger partial charge in [0.1, 0.15) is 5.75 Å². The highest BCUT2D eigenvalue weighted by molar-refractivity contribution is 6.32. The first-order valence-electron chi connectivity index (χ1n) is 7.83. The van der Waals surface area contributed by atoms with Gasteiger partial charge in [-0.2, -0.15) is 0 Å². The van der Waals surface area contributed by atoms with Crippen molar-refractivity contribution in [2.75, 3.05) is 19.7 Å². The molecule has 0 saturated carbocycles. The normalized spacial score (nSPS) is 17.9. The Balaban J connectivity index is 1.83. The highest BCUT2D eigenvalue weighted by atomic mass is 35.5. The van der Waals surface area contributed by atoms with E-state index >= 15 is 0 Å². The largest absolute Gasteiger partial charge is 0.492 e. The minimum atomic E-state index is 0.552. The third kappa shape index (κ3) is 4.39. The maximum Gasteiger partial charge on any atom is 0.137 e. The molecule has 112 valence electrons. The fourth-order valence-electron chi connectivity index (χ4n) is 2.68. The summed E-state index contributed by atoms with van der Waals surface area (Å²) < 4.78 is 5.86. The predicted molar refractivity (Wildman–Crippen MR) is 85.9 cm³/mol. The molecule has 0 radical (unpaired) electrons. The highest BCUT2D eigenvalue weighted by Crippen LogP contribution is 2.30. The molecule has 2 nitrogen and oxygen atoms in total. The SMILES string of the molecule is CC[C@H](C)c1ccc(OCCC2CCNCC2)c(Cl)c1. The highest BCUT2D eigenvalue weighted by Gasteiger charge is 2.13. The first-order valence-corrected chi connectivity index (χ1v) is 8.21. The zero-order valence-corrected chi connectivity index (χ0v) is 13.4. The van der Waals surface area contributed by atoms with Gasteiger partial charge in [0.25, 0.3) is 0 Å². The second kappa shape index (κ2) is 7.90. The van der Waals surface area contributed by atoms with Gasteiger partial charge in [-0.25, -0.2) is 0 Å². The lowest BCUT2D eigenvalue weighted by molar-refractivity contribution is 0.252. The van der Waals surface area contributed by atoms with E-state index in [0.29, 0.717) is 5.92 Å². The standard InChI is InChI=1S/C17H26ClNO/c1-3-13(2)15-4-5-17(16(18)12-15)20-11-8-14-6-9-19-10-7-14/h4-5,12-14,19H,3,6-11H2,1-2H3/t13-/m0/s1. The maximum atomic E-state index is 6.32. The summed E-state index contributed by atoms with van der Waals surface area (Å²) in [6.07, 6.45) is 4.80. The van der Waals surface area contributed by atoms with Crippen molar-refractivity contribution in [3.05, 3.63) is 28.8 Å². The Bertz CT molecular complexity index is 415. The van der Waals surface area contributed by atoms with Crippen LogP contribution < -0.4 is 10.1 Å². The zero-order valence-electron chi connectivity index (χ0n) is 12.6. The summed E-state index contributed by atoms with van der Waals surface area (Å²) in [7, 11) is 0. The van der Waals surface area contributed by atoms with E-state index in [2.05, 4.69) is 31.3 Å². The lowest BCUT2D eigenvalue weighted by Crippen LogP contribution is -2.28. The van der Waals surface area contributed by atoms with E-state index in [-0.39, 0.29) is 0 Å². The molecule has 1 atom stereocenters. The van der Waals surface area contributed by atoms with Gasteiger partial charge >= 0.3 is 0 Å². The molecule has 1 saturated heterocycles. The average Bonchev–Trinajstić information content (AvgIpc) is 2.49. The molecule has 0 bridgehead atoms. The van der Waals surface area contributed by atoms with Gasteiger partial charge in [-0.05, 0) is 68.3 Å². The minimum Gasteiger partial charge on any atom is -0.492 e. The molecule has 1 N–H and O–H groups in total. The summed E-state index contributed by atoms with van der Waals surface area (Å²) >= 11 is 6.32. The molecular weight excluding hydrogens is 270 g/mol. The lowest BCUT2D eigenvalue weighted by Gasteiger charge is -2.22. The molecule has 1 heterocycles. The van der Waals surface area contributed by atoms with Crippen LogP contribution in [-0.2, 0) is 0 Å². The van der Waals surface area contributed by atoms with Crippen molar-refractivity contribution in [2.24, 2.45) is 5.92 Å². The molecule has 1 aromatic rings. The van der Waals surface area contributed by atoms with E-state index in [0.717, 1.165) is 49.2 Å². The molecule has 3 heteroatoms. The van der Waals surface area contributed by atoms with Gasteiger partial charge in [0.05, 0.1) is 11.6 Å². The molecule has 1 aromatic carbocycles. The second-order valence-electron chi connectivity index (χ2n) is 5.83. The molecular formula is C17H26ClNO. The summed E-state index contributed by atoms with van der Waals surface area (Å²) in [6.45, 7) is 7.49. The predicted octanol–water partition coefficient (Wildman–Crippen LogP) is 4.62. The summed E-state index contributed by atoms with van der Waals surface area (Å²) in [5.41, 5.74) is 1.29. The topological polar surface area (TPSA) is 21.3 Å². The van der Waals surface area contributed by atoms with Crippen LogP contribution in [0.15, 0.2) is 18.2 Å². The van der Waals surface area contributed by atoms with E-state index in [1.54, 1.807) is 0 Å². The minimum absolute atomic E-state index is 0.552. The molecule has 0 amide bonds. The zero-order chi connectivity index (χ0) is 14.4. The Hall–Kier alpha value is -0.730. The van der Waals surface area contributed by atoms with Gasteiger partial charge in [-0.3, -0.25) is 0 Å². The van der Waals surface area contributed by atoms with Crippen LogP contribution in [0.5, 0.6) is 5.75 Å². The Morgan fingerprint density at radius 2 is 2.10 bits per heavy atom. The summed E-state index contributed by atoms with van der Waals surface area (Å²) in [5, 5.41) is 4.14. The van der Waals surface area contributed by atoms with Crippen LogP contribution in [0.2, 0.25) is 5.02 Å². The number of rotatable bonds is 6. The summed E-state index contributed by atoms with van der Waals surface area (Å²) in [4.78, 5) is 0. The molecule has 1 aliphatic heterocycles. The van der Waals surface area contributed by atoms with Crippen molar-refractivity contribution in [3.8, 4) is 5.75 Å². The fourth-order valence-corrected chi connectivity index (χ4v) is 2.93. The van der Waals surface area contributed by atoms with E-state index in [9.17, 15) is 0 Å². The molecule has 0 aliphatic carbocycles. The summed E-state index contributed by atoms with van der Waals surface area (Å²) in [6, 6.07) is 6.21. The average molecular weight is 296 g/mol. The van der Waals surface area contributed by atoms with Crippen LogP contribution >= 0.6 is 11.6 Å². The van der Waals surface area contributed by atoms with Crippen LogP contribution in [0.25, 0.3) is 0 Å². The third-order valence-corrected chi connectivity index (χ3v) is 4.68. The molecule has 0 unspecified atom stereocenters. The smallest absolute Gasteiger partial charge is 0.137 e. The van der Waals surface area contributed by atoms with Crippen molar-refractivity contribution in [1.82, 2.24) is 5.32 Å². The number of hydrogen-bond donors (Lipinski definition) is 1. The van der Waals surface area contributed by atoms with Crippen molar-refractivity contribution >= 4 is 11.6 Å². The fraction of sp³-hybridized carbons (Fsp3) is 0.647. The van der Waals surface area contributed by atoms with E-state index < -0.39 is 0 Å². The Morgan fingerprint density at radius 3 is 2.75 bits per heavy atom. The number of benzene rings is 1. The van der Waals surface area contributed by atoms with Gasteiger partial charge in [0, 0.05) is 0 Å². The Kier molecular flexibility index (Phi) is 6.18. The van der Waals surface area contributed by atoms with Gasteiger partial charge in [-0.1, -0.05) is 31.5 Å². The van der Waals surface area contributed by atoms with Crippen molar-refractivity contribution in [2.45, 2.75) is 45.4 Å². The van der Waals surface area contributed by atoms with Gasteiger partial charge in [0.2, 0.25) is 0 Å². The first-order chi connectivity index (χ1) is 9.70. The van der Waals surface area contributed by atoms with Gasteiger partial charge in [-0.15, -0.1) is 0 Å². The molecule has 1 aliphatic rings. The van der Waals surface area contributed by atoms with Crippen molar-refractivity contribution in [1.29, 1.82) is 0 Å². The van der Waals surface area contributed by atoms with Gasteiger partial charge < -0.3 is 10.1 Å². The summed E-state index contributed by atoms with van der Waals surface area (Å²) in [5.74, 6) is 2.18. The first kappa shape index (κ1) is 15.7. The second-order valence-corrected chi connectivity index (χ2v) is 6.24. The molecule has 0 aromatic heterocycles. The van der Waals surface area contributed by atoms with Crippen LogP contribution in [0.3, 0.4) is 0 Å². The monoisotopic (exact) mass is 295 g/mol. The number of hydrogen-bond acceptors (Lipinski definition) is 2. The molecule has 20 heavy (non-hydrogen) atoms. The number of ether oxygens (including phenoxy) is 1. The third-order valence-electron chi connectivity index (χ3n) is 4.38. The quantitative estimate of drug-likeness (QED) is 0.826. The van der Waals surface area contributed by atoms with Crippen LogP contribution in [0.4, 0.5) is 0 Å².